The number of sulfonamides is 1. The Bertz CT molecular complexity index is 507. The highest BCUT2D eigenvalue weighted by Crippen LogP contribution is 2.39. The number of ether oxygens (including phenoxy) is 1. The molecule has 1 saturated carbocycles. The number of rotatable bonds is 2. The average molecular weight is 303 g/mol. The fraction of sp³-hybridized carbons (Fsp3) is 0.929. The molecule has 0 amide bonds. The van der Waals surface area contributed by atoms with Gasteiger partial charge in [-0.3, -0.25) is 0 Å². The van der Waals surface area contributed by atoms with Gasteiger partial charge in [0.2, 0.25) is 5.90 Å². The summed E-state index contributed by atoms with van der Waals surface area (Å²) in [6, 6.07) is 0. The monoisotopic (exact) mass is 303 g/mol. The Labute approximate surface area is 121 Å². The standard InChI is InChI=1S/C14H25NO4S/c1-13(2)14(3,4)20(17,18)15-12(19-13)9-10-6-5-7-11(16)8-10/h10-11,16H,5-9H2,1-4H3/t10-,11-/m1/s1. The first kappa shape index (κ1) is 15.8. The Balaban J connectivity index is 2.19. The highest BCUT2D eigenvalue weighted by molar-refractivity contribution is 7.91. The van der Waals surface area contributed by atoms with E-state index in [-0.39, 0.29) is 12.0 Å². The van der Waals surface area contributed by atoms with Gasteiger partial charge in [-0.15, -0.1) is 4.40 Å². The Morgan fingerprint density at radius 1 is 1.30 bits per heavy atom. The van der Waals surface area contributed by atoms with Gasteiger partial charge >= 0.3 is 0 Å². The minimum atomic E-state index is -3.58. The first-order chi connectivity index (χ1) is 9.05. The SMILES string of the molecule is CC1(C)OC(C[C@@H]2CCC[C@@H](O)C2)=NS(=O)(=O)C1(C)C. The Morgan fingerprint density at radius 2 is 1.95 bits per heavy atom. The summed E-state index contributed by atoms with van der Waals surface area (Å²) in [6.07, 6.45) is 3.71. The molecular formula is C14H25NO4S. The normalized spacial score (nSPS) is 35.0. The molecule has 0 radical (unpaired) electrons. The smallest absolute Gasteiger partial charge is 0.265 e. The first-order valence-corrected chi connectivity index (χ1v) is 8.69. The molecule has 0 bridgehead atoms. The van der Waals surface area contributed by atoms with Gasteiger partial charge in [0.25, 0.3) is 10.0 Å². The molecule has 5 nitrogen and oxygen atoms in total. The molecule has 116 valence electrons. The third kappa shape index (κ3) is 2.72. The molecule has 0 aromatic heterocycles. The van der Waals surface area contributed by atoms with Crippen LogP contribution in [-0.4, -0.2) is 35.9 Å². The van der Waals surface area contributed by atoms with Crippen molar-refractivity contribution < 1.29 is 18.3 Å². The number of hydrogen-bond donors (Lipinski definition) is 1. The summed E-state index contributed by atoms with van der Waals surface area (Å²) in [5, 5.41) is 9.70. The van der Waals surface area contributed by atoms with Gasteiger partial charge in [0.15, 0.2) is 0 Å². The molecule has 1 heterocycles. The summed E-state index contributed by atoms with van der Waals surface area (Å²) in [7, 11) is -3.58. The van der Waals surface area contributed by atoms with E-state index < -0.39 is 20.4 Å². The molecule has 1 aliphatic heterocycles. The average Bonchev–Trinajstić information content (AvgIpc) is 2.25. The predicted molar refractivity (Wildman–Crippen MR) is 78.2 cm³/mol. The number of aliphatic hydroxyl groups excluding tert-OH is 1. The predicted octanol–water partition coefficient (Wildman–Crippen LogP) is 2.24. The summed E-state index contributed by atoms with van der Waals surface area (Å²) in [5.74, 6) is 0.554. The molecule has 1 N–H and O–H groups in total. The van der Waals surface area contributed by atoms with Gasteiger partial charge in [-0.25, -0.2) is 8.42 Å². The number of aliphatic hydroxyl groups is 1. The summed E-state index contributed by atoms with van der Waals surface area (Å²) < 4.78 is 33.3. The van der Waals surface area contributed by atoms with Crippen LogP contribution in [0.25, 0.3) is 0 Å². The van der Waals surface area contributed by atoms with E-state index >= 15 is 0 Å². The quantitative estimate of drug-likeness (QED) is 0.849. The van der Waals surface area contributed by atoms with Crippen LogP contribution in [0.4, 0.5) is 0 Å². The molecule has 1 aliphatic carbocycles. The molecule has 2 atom stereocenters. The van der Waals surface area contributed by atoms with E-state index in [9.17, 15) is 13.5 Å². The van der Waals surface area contributed by atoms with Crippen LogP contribution in [0.1, 0.15) is 59.8 Å². The zero-order valence-electron chi connectivity index (χ0n) is 12.7. The lowest BCUT2D eigenvalue weighted by molar-refractivity contribution is 0.0459. The van der Waals surface area contributed by atoms with Crippen LogP contribution in [0.5, 0.6) is 0 Å². The Kier molecular flexibility index (Phi) is 3.93. The van der Waals surface area contributed by atoms with Crippen LogP contribution < -0.4 is 0 Å². The van der Waals surface area contributed by atoms with Crippen LogP contribution >= 0.6 is 0 Å². The van der Waals surface area contributed by atoms with Crippen molar-refractivity contribution in [2.24, 2.45) is 10.3 Å². The second-order valence-corrected chi connectivity index (χ2v) is 9.13. The molecule has 6 heteroatoms. The van der Waals surface area contributed by atoms with Crippen LogP contribution in [0, 0.1) is 5.92 Å². The van der Waals surface area contributed by atoms with E-state index in [4.69, 9.17) is 4.74 Å². The summed E-state index contributed by atoms with van der Waals surface area (Å²) in [5.41, 5.74) is -0.809. The van der Waals surface area contributed by atoms with Crippen molar-refractivity contribution >= 4 is 15.9 Å². The van der Waals surface area contributed by atoms with Gasteiger partial charge < -0.3 is 9.84 Å². The van der Waals surface area contributed by atoms with E-state index in [0.717, 1.165) is 19.3 Å². The minimum Gasteiger partial charge on any atom is -0.472 e. The topological polar surface area (TPSA) is 76.0 Å². The zero-order valence-corrected chi connectivity index (χ0v) is 13.5. The van der Waals surface area contributed by atoms with Crippen LogP contribution in [-0.2, 0) is 14.8 Å². The summed E-state index contributed by atoms with van der Waals surface area (Å²) in [4.78, 5) is 0. The van der Waals surface area contributed by atoms with Crippen molar-refractivity contribution in [2.45, 2.75) is 76.3 Å². The van der Waals surface area contributed by atoms with E-state index in [1.807, 2.05) is 0 Å². The third-order valence-corrected chi connectivity index (χ3v) is 7.13. The zero-order chi connectivity index (χ0) is 15.2. The van der Waals surface area contributed by atoms with Crippen LogP contribution in [0.3, 0.4) is 0 Å². The minimum absolute atomic E-state index is 0.254. The van der Waals surface area contributed by atoms with E-state index in [1.165, 1.54) is 0 Å². The van der Waals surface area contributed by atoms with Crippen molar-refractivity contribution in [1.82, 2.24) is 0 Å². The van der Waals surface area contributed by atoms with E-state index in [1.54, 1.807) is 27.7 Å². The maximum Gasteiger partial charge on any atom is 0.265 e. The van der Waals surface area contributed by atoms with Gasteiger partial charge in [0.05, 0.1) is 6.10 Å². The molecule has 1 fully saturated rings. The van der Waals surface area contributed by atoms with E-state index in [0.29, 0.717) is 18.7 Å². The lowest BCUT2D eigenvalue weighted by atomic mass is 9.85. The lowest BCUT2D eigenvalue weighted by Crippen LogP contribution is -2.56. The van der Waals surface area contributed by atoms with Gasteiger partial charge in [-0.2, -0.15) is 0 Å². The highest BCUT2D eigenvalue weighted by atomic mass is 32.2. The first-order valence-electron chi connectivity index (χ1n) is 7.25. The Morgan fingerprint density at radius 3 is 2.50 bits per heavy atom. The van der Waals surface area contributed by atoms with Crippen molar-refractivity contribution in [3.63, 3.8) is 0 Å². The van der Waals surface area contributed by atoms with Crippen molar-refractivity contribution in [3.8, 4) is 0 Å². The molecule has 0 aromatic carbocycles. The number of nitrogens with zero attached hydrogens (tertiary/aromatic N) is 1. The second-order valence-electron chi connectivity index (χ2n) is 6.97. The summed E-state index contributed by atoms with van der Waals surface area (Å²) >= 11 is 0. The molecular weight excluding hydrogens is 278 g/mol. The molecule has 0 spiro atoms. The van der Waals surface area contributed by atoms with Gasteiger partial charge in [0, 0.05) is 6.42 Å². The van der Waals surface area contributed by atoms with Crippen LogP contribution in [0.15, 0.2) is 4.40 Å². The van der Waals surface area contributed by atoms with Crippen molar-refractivity contribution in [2.75, 3.05) is 0 Å². The molecule has 20 heavy (non-hydrogen) atoms. The van der Waals surface area contributed by atoms with Gasteiger partial charge in [-0.1, -0.05) is 6.42 Å². The largest absolute Gasteiger partial charge is 0.472 e. The molecule has 0 aromatic rings. The van der Waals surface area contributed by atoms with Gasteiger partial charge in [0.1, 0.15) is 10.3 Å². The third-order valence-electron chi connectivity index (χ3n) is 4.91. The molecule has 0 unspecified atom stereocenters. The fourth-order valence-electron chi connectivity index (χ4n) is 2.77. The summed E-state index contributed by atoms with van der Waals surface area (Å²) in [6.45, 7) is 6.86. The van der Waals surface area contributed by atoms with E-state index in [2.05, 4.69) is 4.40 Å². The second kappa shape index (κ2) is 4.98. The molecule has 2 rings (SSSR count). The maximum atomic E-state index is 12.3. The lowest BCUT2D eigenvalue weighted by Gasteiger charge is -2.43. The fourth-order valence-corrected chi connectivity index (χ4v) is 4.04. The van der Waals surface area contributed by atoms with Crippen molar-refractivity contribution in [3.05, 3.63) is 0 Å². The number of hydrogen-bond acceptors (Lipinski definition) is 4. The van der Waals surface area contributed by atoms with Gasteiger partial charge in [-0.05, 0) is 52.9 Å². The maximum absolute atomic E-state index is 12.3. The Hall–Kier alpha value is -0.620. The molecule has 0 saturated heterocycles. The van der Waals surface area contributed by atoms with Crippen molar-refractivity contribution in [1.29, 1.82) is 0 Å². The molecule has 2 aliphatic rings. The van der Waals surface area contributed by atoms with Crippen LogP contribution in [0.2, 0.25) is 0 Å². The highest BCUT2D eigenvalue weighted by Gasteiger charge is 2.53.